The lowest BCUT2D eigenvalue weighted by molar-refractivity contribution is 0.146. The van der Waals surface area contributed by atoms with Crippen LogP contribution in [-0.4, -0.2) is 39.0 Å². The molecule has 0 amide bonds. The summed E-state index contributed by atoms with van der Waals surface area (Å²) >= 11 is 0. The molecule has 0 radical (unpaired) electrons. The van der Waals surface area contributed by atoms with Gasteiger partial charge in [-0.3, -0.25) is 0 Å². The number of likely N-dealkylation sites (tertiary alicyclic amines) is 1. The largest absolute Gasteiger partial charge is 0.325 e. The highest BCUT2D eigenvalue weighted by Crippen LogP contribution is 2.22. The molecule has 0 atom stereocenters. The summed E-state index contributed by atoms with van der Waals surface area (Å²) < 4.78 is 1.99. The Hall–Kier alpha value is -0.940. The maximum absolute atomic E-state index is 5.53. The van der Waals surface area contributed by atoms with Gasteiger partial charge in [-0.15, -0.1) is 5.10 Å². The first-order valence-electron chi connectivity index (χ1n) is 6.05. The monoisotopic (exact) mass is 223 g/mol. The fraction of sp³-hybridized carbons (Fsp3) is 0.818. The highest BCUT2D eigenvalue weighted by molar-refractivity contribution is 4.92. The van der Waals surface area contributed by atoms with Gasteiger partial charge in [-0.2, -0.15) is 0 Å². The first kappa shape index (κ1) is 11.5. The van der Waals surface area contributed by atoms with Crippen LogP contribution in [0.25, 0.3) is 0 Å². The average molecular weight is 223 g/mol. The summed E-state index contributed by atoms with van der Waals surface area (Å²) in [4.78, 5) is 2.51. The van der Waals surface area contributed by atoms with Gasteiger partial charge in [-0.1, -0.05) is 5.21 Å². The molecule has 0 bridgehead atoms. The predicted octanol–water partition coefficient (Wildman–Crippen LogP) is 0.782. The van der Waals surface area contributed by atoms with E-state index in [4.69, 9.17) is 5.73 Å². The van der Waals surface area contributed by atoms with Crippen LogP contribution >= 0.6 is 0 Å². The van der Waals surface area contributed by atoms with Crippen LogP contribution < -0.4 is 5.73 Å². The summed E-state index contributed by atoms with van der Waals surface area (Å²) in [5.74, 6) is 0. The van der Waals surface area contributed by atoms with Gasteiger partial charge in [-0.05, 0) is 26.7 Å². The molecule has 0 aliphatic carbocycles. The lowest BCUT2D eigenvalue weighted by Gasteiger charge is -2.34. The van der Waals surface area contributed by atoms with Gasteiger partial charge in [0.2, 0.25) is 0 Å². The molecule has 0 aromatic carbocycles. The van der Waals surface area contributed by atoms with Gasteiger partial charge < -0.3 is 10.6 Å². The Morgan fingerprint density at radius 2 is 2.12 bits per heavy atom. The van der Waals surface area contributed by atoms with Crippen molar-refractivity contribution in [2.24, 2.45) is 5.73 Å². The van der Waals surface area contributed by atoms with E-state index >= 15 is 0 Å². The standard InChI is InChI=1S/C11H21N5/c1-9(2)15-5-3-11(4-6-15)16-8-10(7-12)13-14-16/h8-9,11H,3-7,12H2,1-2H3. The number of aromatic nitrogens is 3. The van der Waals surface area contributed by atoms with Crippen LogP contribution in [0, 0.1) is 0 Å². The second kappa shape index (κ2) is 4.93. The van der Waals surface area contributed by atoms with Crippen LogP contribution in [-0.2, 0) is 6.54 Å². The predicted molar refractivity (Wildman–Crippen MR) is 62.9 cm³/mol. The Labute approximate surface area is 96.6 Å². The Balaban J connectivity index is 1.93. The van der Waals surface area contributed by atoms with Gasteiger partial charge in [0.25, 0.3) is 0 Å². The molecule has 1 fully saturated rings. The summed E-state index contributed by atoms with van der Waals surface area (Å²) in [7, 11) is 0. The molecule has 5 heteroatoms. The summed E-state index contributed by atoms with van der Waals surface area (Å²) in [6.45, 7) is 7.29. The molecule has 2 N–H and O–H groups in total. The molecule has 1 saturated heterocycles. The number of hydrogen-bond acceptors (Lipinski definition) is 4. The summed E-state index contributed by atoms with van der Waals surface area (Å²) in [6, 6.07) is 1.15. The van der Waals surface area contributed by atoms with Crippen molar-refractivity contribution in [3.8, 4) is 0 Å². The summed E-state index contributed by atoms with van der Waals surface area (Å²) in [6.07, 6.45) is 4.30. The number of piperidine rings is 1. The van der Waals surface area contributed by atoms with Crippen molar-refractivity contribution in [1.29, 1.82) is 0 Å². The van der Waals surface area contributed by atoms with Crippen molar-refractivity contribution < 1.29 is 0 Å². The van der Waals surface area contributed by atoms with Crippen molar-refractivity contribution in [2.75, 3.05) is 13.1 Å². The van der Waals surface area contributed by atoms with E-state index in [1.165, 1.54) is 0 Å². The van der Waals surface area contributed by atoms with E-state index in [0.29, 0.717) is 18.6 Å². The minimum atomic E-state index is 0.477. The molecular weight excluding hydrogens is 202 g/mol. The zero-order valence-corrected chi connectivity index (χ0v) is 10.1. The van der Waals surface area contributed by atoms with E-state index in [9.17, 15) is 0 Å². The van der Waals surface area contributed by atoms with Crippen LogP contribution in [0.1, 0.15) is 38.4 Å². The Morgan fingerprint density at radius 1 is 1.44 bits per heavy atom. The molecule has 1 aromatic heterocycles. The molecule has 1 aliphatic rings. The second-order valence-corrected chi connectivity index (χ2v) is 4.75. The quantitative estimate of drug-likeness (QED) is 0.822. The van der Waals surface area contributed by atoms with Gasteiger partial charge in [0.15, 0.2) is 0 Å². The maximum atomic E-state index is 5.53. The van der Waals surface area contributed by atoms with Crippen molar-refractivity contribution >= 4 is 0 Å². The van der Waals surface area contributed by atoms with Crippen molar-refractivity contribution in [2.45, 2.75) is 45.3 Å². The van der Waals surface area contributed by atoms with Gasteiger partial charge in [0, 0.05) is 25.7 Å². The van der Waals surface area contributed by atoms with Gasteiger partial charge in [0.1, 0.15) is 0 Å². The molecule has 16 heavy (non-hydrogen) atoms. The van der Waals surface area contributed by atoms with Crippen LogP contribution in [0.15, 0.2) is 6.20 Å². The zero-order chi connectivity index (χ0) is 11.5. The third kappa shape index (κ3) is 2.41. The van der Waals surface area contributed by atoms with Crippen molar-refractivity contribution in [3.63, 3.8) is 0 Å². The summed E-state index contributed by atoms with van der Waals surface area (Å²) in [5.41, 5.74) is 6.41. The molecule has 5 nitrogen and oxygen atoms in total. The highest BCUT2D eigenvalue weighted by Gasteiger charge is 2.22. The van der Waals surface area contributed by atoms with Crippen LogP contribution in [0.5, 0.6) is 0 Å². The zero-order valence-electron chi connectivity index (χ0n) is 10.1. The first-order valence-corrected chi connectivity index (χ1v) is 6.05. The highest BCUT2D eigenvalue weighted by atomic mass is 15.4. The van der Waals surface area contributed by atoms with Gasteiger partial charge >= 0.3 is 0 Å². The molecule has 2 heterocycles. The fourth-order valence-corrected chi connectivity index (χ4v) is 2.25. The van der Waals surface area contributed by atoms with E-state index in [1.54, 1.807) is 0 Å². The maximum Gasteiger partial charge on any atom is 0.0962 e. The molecule has 2 rings (SSSR count). The molecule has 90 valence electrons. The van der Waals surface area contributed by atoms with Crippen LogP contribution in [0.3, 0.4) is 0 Å². The Kier molecular flexibility index (Phi) is 3.56. The molecule has 0 unspecified atom stereocenters. The topological polar surface area (TPSA) is 60.0 Å². The summed E-state index contributed by atoms with van der Waals surface area (Å²) in [5, 5.41) is 8.19. The lowest BCUT2D eigenvalue weighted by Crippen LogP contribution is -2.39. The van der Waals surface area contributed by atoms with E-state index in [-0.39, 0.29) is 0 Å². The average Bonchev–Trinajstić information content (AvgIpc) is 2.77. The second-order valence-electron chi connectivity index (χ2n) is 4.75. The van der Waals surface area contributed by atoms with E-state index in [0.717, 1.165) is 31.6 Å². The first-order chi connectivity index (χ1) is 7.70. The van der Waals surface area contributed by atoms with Crippen molar-refractivity contribution in [3.05, 3.63) is 11.9 Å². The number of hydrogen-bond donors (Lipinski definition) is 1. The molecular formula is C11H21N5. The minimum absolute atomic E-state index is 0.477. The van der Waals surface area contributed by atoms with Gasteiger partial charge in [0.05, 0.1) is 17.9 Å². The van der Waals surface area contributed by atoms with E-state index in [1.807, 2.05) is 10.9 Å². The molecule has 1 aliphatic heterocycles. The lowest BCUT2D eigenvalue weighted by atomic mass is 10.0. The van der Waals surface area contributed by atoms with Crippen molar-refractivity contribution in [1.82, 2.24) is 19.9 Å². The van der Waals surface area contributed by atoms with Crippen LogP contribution in [0.4, 0.5) is 0 Å². The van der Waals surface area contributed by atoms with E-state index < -0.39 is 0 Å². The Morgan fingerprint density at radius 3 is 2.62 bits per heavy atom. The minimum Gasteiger partial charge on any atom is -0.325 e. The molecule has 1 aromatic rings. The SMILES string of the molecule is CC(C)N1CCC(n2cc(CN)nn2)CC1. The Bertz CT molecular complexity index is 325. The number of nitrogens with two attached hydrogens (primary N) is 1. The van der Waals surface area contributed by atoms with Crippen LogP contribution in [0.2, 0.25) is 0 Å². The van der Waals surface area contributed by atoms with E-state index in [2.05, 4.69) is 29.1 Å². The third-order valence-corrected chi connectivity index (χ3v) is 3.37. The molecule has 0 spiro atoms. The third-order valence-electron chi connectivity index (χ3n) is 3.37. The molecule has 0 saturated carbocycles. The smallest absolute Gasteiger partial charge is 0.0962 e. The fourth-order valence-electron chi connectivity index (χ4n) is 2.25. The van der Waals surface area contributed by atoms with Gasteiger partial charge in [-0.25, -0.2) is 4.68 Å². The number of rotatable bonds is 3. The number of nitrogens with zero attached hydrogens (tertiary/aromatic N) is 4. The normalized spacial score (nSPS) is 19.5.